The zero-order valence-electron chi connectivity index (χ0n) is 7.42. The van der Waals surface area contributed by atoms with Crippen molar-refractivity contribution in [3.8, 4) is 0 Å². The van der Waals surface area contributed by atoms with Crippen LogP contribution in [0.25, 0.3) is 0 Å². The minimum absolute atomic E-state index is 0.274. The lowest BCUT2D eigenvalue weighted by Crippen LogP contribution is -2.11. The maximum atomic E-state index is 10.8. The average molecular weight is 184 g/mol. The van der Waals surface area contributed by atoms with E-state index < -0.39 is 0 Å². The molecule has 0 aliphatic heterocycles. The molecule has 0 aliphatic rings. The van der Waals surface area contributed by atoms with E-state index in [9.17, 15) is 4.79 Å². The van der Waals surface area contributed by atoms with E-state index in [2.05, 4.69) is 23.8 Å². The Morgan fingerprint density at radius 3 is 2.83 bits per heavy atom. The van der Waals surface area contributed by atoms with Gasteiger partial charge < -0.3 is 4.98 Å². The Morgan fingerprint density at radius 2 is 2.25 bits per heavy atom. The molecule has 1 N–H and O–H groups in total. The van der Waals surface area contributed by atoms with Gasteiger partial charge in [-0.2, -0.15) is 0 Å². The summed E-state index contributed by atoms with van der Waals surface area (Å²) in [7, 11) is 0. The molecule has 0 fully saturated rings. The summed E-state index contributed by atoms with van der Waals surface area (Å²) in [5.41, 5.74) is 0.747. The summed E-state index contributed by atoms with van der Waals surface area (Å²) < 4.78 is 0. The Kier molecular flexibility index (Phi) is 2.92. The van der Waals surface area contributed by atoms with Gasteiger partial charge in [0.05, 0.1) is 5.03 Å². The lowest BCUT2D eigenvalue weighted by Gasteiger charge is -2.05. The number of aromatic amines is 1. The molecule has 1 rings (SSSR count). The summed E-state index contributed by atoms with van der Waals surface area (Å²) in [6.07, 6.45) is 1.60. The molecule has 0 saturated carbocycles. The summed E-state index contributed by atoms with van der Waals surface area (Å²) in [4.78, 5) is 17.2. The van der Waals surface area contributed by atoms with Crippen LogP contribution in [0.5, 0.6) is 0 Å². The quantitative estimate of drug-likeness (QED) is 0.560. The van der Waals surface area contributed by atoms with Crippen molar-refractivity contribution in [3.05, 3.63) is 22.2 Å². The molecular formula is C8H12N2OS. The van der Waals surface area contributed by atoms with Crippen LogP contribution in [0.1, 0.15) is 19.4 Å². The lowest BCUT2D eigenvalue weighted by molar-refractivity contribution is 0.939. The molecule has 0 spiro atoms. The second kappa shape index (κ2) is 3.76. The van der Waals surface area contributed by atoms with Crippen LogP contribution in [-0.4, -0.2) is 15.2 Å². The van der Waals surface area contributed by atoms with Gasteiger partial charge in [-0.3, -0.25) is 0 Å². The van der Waals surface area contributed by atoms with E-state index in [1.165, 1.54) is 0 Å². The monoisotopic (exact) mass is 184 g/mol. The van der Waals surface area contributed by atoms with Gasteiger partial charge >= 0.3 is 5.69 Å². The molecule has 1 aromatic rings. The average Bonchev–Trinajstić information content (AvgIpc) is 1.96. The van der Waals surface area contributed by atoms with E-state index in [0.717, 1.165) is 10.6 Å². The number of hydrogen-bond acceptors (Lipinski definition) is 3. The molecule has 0 atom stereocenters. The largest absolute Gasteiger partial charge is 0.345 e. The SMILES string of the molecule is Cc1cnc(=O)[nH]c1SC(C)C. The predicted octanol–water partition coefficient (Wildman–Crippen LogP) is 1.58. The fourth-order valence-electron chi connectivity index (χ4n) is 0.800. The highest BCUT2D eigenvalue weighted by molar-refractivity contribution is 7.99. The highest BCUT2D eigenvalue weighted by atomic mass is 32.2. The Hall–Kier alpha value is -0.770. The number of aromatic nitrogens is 2. The van der Waals surface area contributed by atoms with Gasteiger partial charge in [0, 0.05) is 11.4 Å². The van der Waals surface area contributed by atoms with Crippen LogP contribution in [0.3, 0.4) is 0 Å². The Balaban J connectivity index is 2.97. The first-order chi connectivity index (χ1) is 5.59. The maximum Gasteiger partial charge on any atom is 0.345 e. The topological polar surface area (TPSA) is 45.8 Å². The molecule has 1 heterocycles. The molecule has 0 bridgehead atoms. The molecule has 3 nitrogen and oxygen atoms in total. The van der Waals surface area contributed by atoms with Crippen molar-refractivity contribution in [1.29, 1.82) is 0 Å². The van der Waals surface area contributed by atoms with Gasteiger partial charge in [-0.15, -0.1) is 11.8 Å². The molecule has 0 aromatic carbocycles. The van der Waals surface area contributed by atoms with Crippen LogP contribution >= 0.6 is 11.8 Å². The summed E-state index contributed by atoms with van der Waals surface area (Å²) in [5, 5.41) is 1.40. The minimum atomic E-state index is -0.274. The third-order valence-corrected chi connectivity index (χ3v) is 2.44. The first-order valence-corrected chi connectivity index (χ1v) is 4.70. The van der Waals surface area contributed by atoms with E-state index >= 15 is 0 Å². The third-order valence-electron chi connectivity index (χ3n) is 1.31. The van der Waals surface area contributed by atoms with Gasteiger partial charge in [0.15, 0.2) is 0 Å². The van der Waals surface area contributed by atoms with E-state index in [1.54, 1.807) is 18.0 Å². The van der Waals surface area contributed by atoms with Crippen molar-refractivity contribution in [1.82, 2.24) is 9.97 Å². The van der Waals surface area contributed by atoms with Crippen LogP contribution in [0.4, 0.5) is 0 Å². The van der Waals surface area contributed by atoms with E-state index in [1.807, 2.05) is 6.92 Å². The number of thioether (sulfide) groups is 1. The van der Waals surface area contributed by atoms with Crippen LogP contribution in [0.2, 0.25) is 0 Å². The second-order valence-electron chi connectivity index (χ2n) is 2.87. The summed E-state index contributed by atoms with van der Waals surface area (Å²) in [6, 6.07) is 0. The number of rotatable bonds is 2. The Labute approximate surface area is 75.6 Å². The summed E-state index contributed by atoms with van der Waals surface area (Å²) in [6.45, 7) is 6.11. The fraction of sp³-hybridized carbons (Fsp3) is 0.500. The molecule has 0 saturated heterocycles. The normalized spacial score (nSPS) is 10.7. The molecule has 12 heavy (non-hydrogen) atoms. The van der Waals surface area contributed by atoms with E-state index in [4.69, 9.17) is 0 Å². The highest BCUT2D eigenvalue weighted by Gasteiger charge is 2.02. The van der Waals surface area contributed by atoms with Crippen molar-refractivity contribution in [3.63, 3.8) is 0 Å². The van der Waals surface area contributed by atoms with Crippen molar-refractivity contribution >= 4 is 11.8 Å². The van der Waals surface area contributed by atoms with Crippen LogP contribution in [0.15, 0.2) is 16.0 Å². The van der Waals surface area contributed by atoms with Crippen LogP contribution < -0.4 is 5.69 Å². The molecule has 66 valence electrons. The van der Waals surface area contributed by atoms with Crippen molar-refractivity contribution < 1.29 is 0 Å². The van der Waals surface area contributed by atoms with E-state index in [-0.39, 0.29) is 5.69 Å². The lowest BCUT2D eigenvalue weighted by atomic mass is 10.4. The van der Waals surface area contributed by atoms with Crippen LogP contribution in [0, 0.1) is 6.92 Å². The summed E-state index contributed by atoms with van der Waals surface area (Å²) in [5.74, 6) is 0. The van der Waals surface area contributed by atoms with Crippen molar-refractivity contribution in [2.45, 2.75) is 31.0 Å². The van der Waals surface area contributed by atoms with Gasteiger partial charge in [0.2, 0.25) is 0 Å². The number of hydrogen-bond donors (Lipinski definition) is 1. The summed E-state index contributed by atoms with van der Waals surface area (Å²) >= 11 is 1.64. The van der Waals surface area contributed by atoms with Crippen LogP contribution in [-0.2, 0) is 0 Å². The Morgan fingerprint density at radius 1 is 1.58 bits per heavy atom. The first kappa shape index (κ1) is 9.32. The zero-order chi connectivity index (χ0) is 9.14. The van der Waals surface area contributed by atoms with Gasteiger partial charge in [-0.25, -0.2) is 9.78 Å². The van der Waals surface area contributed by atoms with E-state index in [0.29, 0.717) is 5.25 Å². The zero-order valence-corrected chi connectivity index (χ0v) is 8.23. The molecule has 0 radical (unpaired) electrons. The number of nitrogens with zero attached hydrogens (tertiary/aromatic N) is 1. The molecule has 4 heteroatoms. The number of aryl methyl sites for hydroxylation is 1. The molecule has 0 aliphatic carbocycles. The smallest absolute Gasteiger partial charge is 0.300 e. The molecule has 0 amide bonds. The molecule has 0 unspecified atom stereocenters. The number of H-pyrrole nitrogens is 1. The second-order valence-corrected chi connectivity index (χ2v) is 4.45. The number of nitrogens with one attached hydrogen (secondary N) is 1. The molecular weight excluding hydrogens is 172 g/mol. The van der Waals surface area contributed by atoms with Gasteiger partial charge in [-0.05, 0) is 12.5 Å². The fourth-order valence-corrected chi connectivity index (χ4v) is 1.66. The third kappa shape index (κ3) is 2.37. The highest BCUT2D eigenvalue weighted by Crippen LogP contribution is 2.21. The maximum absolute atomic E-state index is 10.8. The minimum Gasteiger partial charge on any atom is -0.300 e. The van der Waals surface area contributed by atoms with Crippen molar-refractivity contribution in [2.75, 3.05) is 0 Å². The first-order valence-electron chi connectivity index (χ1n) is 3.82. The van der Waals surface area contributed by atoms with Gasteiger partial charge in [0.25, 0.3) is 0 Å². The molecule has 1 aromatic heterocycles. The Bertz CT molecular complexity index is 319. The van der Waals surface area contributed by atoms with Crippen molar-refractivity contribution in [2.24, 2.45) is 0 Å². The van der Waals surface area contributed by atoms with Gasteiger partial charge in [0.1, 0.15) is 0 Å². The predicted molar refractivity (Wildman–Crippen MR) is 50.6 cm³/mol. The standard InChI is InChI=1S/C8H12N2OS/c1-5(2)12-7-6(3)4-9-8(11)10-7/h4-5H,1-3H3,(H,9,10,11). The van der Waals surface area contributed by atoms with Gasteiger partial charge in [-0.1, -0.05) is 13.8 Å².